The molecule has 0 saturated carbocycles. The number of carbonyl (C=O) groups excluding carboxylic acids is 4. The fourth-order valence-corrected chi connectivity index (χ4v) is 4.78. The first-order chi connectivity index (χ1) is 17.6. The van der Waals surface area contributed by atoms with E-state index in [1.54, 1.807) is 50.2 Å². The van der Waals surface area contributed by atoms with Crippen LogP contribution in [-0.2, 0) is 31.1 Å². The third kappa shape index (κ3) is 6.46. The molecule has 0 unspecified atom stereocenters. The maximum atomic E-state index is 13.9. The largest absolute Gasteiger partial charge is 0.370 e. The standard InChI is InChI=1S/C27H32ClFN4O4/c1-3-31-26(37)27(2,19-7-9-20(28)10-8-19)33-17-16-32(22(25(33)36)13-14-23(30)34)24(35)15-6-18-4-11-21(29)12-5-18/h4-5,7-12,22H,3,6,13-17H2,1-2H3,(H2,30,34)(H,31,37)/t22-,27-/m0/s1. The van der Waals surface area contributed by atoms with Crippen LogP contribution in [-0.4, -0.2) is 59.1 Å². The fourth-order valence-electron chi connectivity index (χ4n) is 4.65. The topological polar surface area (TPSA) is 113 Å². The second-order valence-corrected chi connectivity index (χ2v) is 9.60. The van der Waals surface area contributed by atoms with Gasteiger partial charge in [-0.2, -0.15) is 0 Å². The quantitative estimate of drug-likeness (QED) is 0.492. The minimum Gasteiger partial charge on any atom is -0.370 e. The summed E-state index contributed by atoms with van der Waals surface area (Å²) in [6.07, 6.45) is 0.429. The van der Waals surface area contributed by atoms with Crippen LogP contribution in [0.3, 0.4) is 0 Å². The smallest absolute Gasteiger partial charge is 0.250 e. The number of amides is 4. The molecule has 0 bridgehead atoms. The van der Waals surface area contributed by atoms with E-state index in [1.807, 2.05) is 0 Å². The molecule has 1 aliphatic heterocycles. The number of rotatable bonds is 10. The molecule has 37 heavy (non-hydrogen) atoms. The number of piperazine rings is 1. The molecule has 4 amide bonds. The van der Waals surface area contributed by atoms with E-state index in [0.717, 1.165) is 5.56 Å². The monoisotopic (exact) mass is 530 g/mol. The minimum atomic E-state index is -1.37. The molecule has 1 fully saturated rings. The van der Waals surface area contributed by atoms with Crippen LogP contribution in [0, 0.1) is 5.82 Å². The summed E-state index contributed by atoms with van der Waals surface area (Å²) in [6.45, 7) is 4.11. The van der Waals surface area contributed by atoms with Crippen LogP contribution in [0.15, 0.2) is 48.5 Å². The summed E-state index contributed by atoms with van der Waals surface area (Å²) < 4.78 is 13.2. The number of carbonyl (C=O) groups is 4. The van der Waals surface area contributed by atoms with Crippen LogP contribution in [0.2, 0.25) is 5.02 Å². The summed E-state index contributed by atoms with van der Waals surface area (Å²) in [6, 6.07) is 11.6. The number of nitrogens with zero attached hydrogens (tertiary/aromatic N) is 2. The summed E-state index contributed by atoms with van der Waals surface area (Å²) >= 11 is 6.06. The molecule has 0 aromatic heterocycles. The molecule has 2 aromatic carbocycles. The van der Waals surface area contributed by atoms with E-state index < -0.39 is 23.4 Å². The molecule has 1 aliphatic rings. The van der Waals surface area contributed by atoms with E-state index in [0.29, 0.717) is 23.6 Å². The molecule has 0 aliphatic carbocycles. The third-order valence-electron chi connectivity index (χ3n) is 6.74. The zero-order valence-corrected chi connectivity index (χ0v) is 21.8. The molecule has 3 N–H and O–H groups in total. The molecule has 2 aromatic rings. The van der Waals surface area contributed by atoms with Gasteiger partial charge in [-0.05, 0) is 62.1 Å². The van der Waals surface area contributed by atoms with Crippen LogP contribution in [0.4, 0.5) is 4.39 Å². The molecular weight excluding hydrogens is 499 g/mol. The Bertz CT molecular complexity index is 1140. The molecule has 1 heterocycles. The SMILES string of the molecule is CCNC(=O)[C@](C)(c1ccc(Cl)cc1)N1CCN(C(=O)CCc2ccc(F)cc2)[C@@H](CCC(N)=O)C1=O. The second-order valence-electron chi connectivity index (χ2n) is 9.16. The van der Waals surface area contributed by atoms with Gasteiger partial charge in [-0.25, -0.2) is 4.39 Å². The van der Waals surface area contributed by atoms with Crippen molar-refractivity contribution in [3.63, 3.8) is 0 Å². The maximum Gasteiger partial charge on any atom is 0.250 e. The highest BCUT2D eigenvalue weighted by atomic mass is 35.5. The summed E-state index contributed by atoms with van der Waals surface area (Å²) in [5.74, 6) is -2.02. The van der Waals surface area contributed by atoms with Gasteiger partial charge in [-0.15, -0.1) is 0 Å². The Morgan fingerprint density at radius 3 is 2.32 bits per heavy atom. The Morgan fingerprint density at radius 2 is 1.73 bits per heavy atom. The number of hydrogen-bond acceptors (Lipinski definition) is 4. The van der Waals surface area contributed by atoms with Crippen LogP contribution >= 0.6 is 11.6 Å². The third-order valence-corrected chi connectivity index (χ3v) is 6.99. The van der Waals surface area contributed by atoms with Crippen LogP contribution in [0.1, 0.15) is 44.2 Å². The highest BCUT2D eigenvalue weighted by Crippen LogP contribution is 2.33. The number of halogens is 2. The van der Waals surface area contributed by atoms with E-state index in [-0.39, 0.29) is 50.0 Å². The highest BCUT2D eigenvalue weighted by Gasteiger charge is 2.49. The number of primary amides is 1. The normalized spacial score (nSPS) is 17.3. The van der Waals surface area contributed by atoms with Gasteiger partial charge in [-0.3, -0.25) is 19.2 Å². The highest BCUT2D eigenvalue weighted by molar-refractivity contribution is 6.30. The molecule has 0 radical (unpaired) electrons. The molecular formula is C27H32ClFN4O4. The molecule has 1 saturated heterocycles. The van der Waals surface area contributed by atoms with E-state index in [9.17, 15) is 23.6 Å². The van der Waals surface area contributed by atoms with Crippen molar-refractivity contribution >= 4 is 35.2 Å². The van der Waals surface area contributed by atoms with Gasteiger partial charge in [0, 0.05) is 37.5 Å². The van der Waals surface area contributed by atoms with Crippen molar-refractivity contribution in [2.75, 3.05) is 19.6 Å². The van der Waals surface area contributed by atoms with E-state index in [4.69, 9.17) is 17.3 Å². The van der Waals surface area contributed by atoms with Crippen molar-refractivity contribution in [2.24, 2.45) is 5.73 Å². The van der Waals surface area contributed by atoms with Crippen LogP contribution < -0.4 is 11.1 Å². The van der Waals surface area contributed by atoms with Crippen molar-refractivity contribution in [1.82, 2.24) is 15.1 Å². The maximum absolute atomic E-state index is 13.9. The van der Waals surface area contributed by atoms with Gasteiger partial charge in [0.15, 0.2) is 0 Å². The Labute approximate surface area is 220 Å². The number of aryl methyl sites for hydroxylation is 1. The average molecular weight is 531 g/mol. The second kappa shape index (κ2) is 12.2. The summed E-state index contributed by atoms with van der Waals surface area (Å²) in [4.78, 5) is 55.0. The van der Waals surface area contributed by atoms with Gasteiger partial charge >= 0.3 is 0 Å². The molecule has 3 rings (SSSR count). The van der Waals surface area contributed by atoms with Crippen LogP contribution in [0.25, 0.3) is 0 Å². The van der Waals surface area contributed by atoms with Gasteiger partial charge in [0.1, 0.15) is 17.4 Å². The summed E-state index contributed by atoms with van der Waals surface area (Å²) in [7, 11) is 0. The lowest BCUT2D eigenvalue weighted by molar-refractivity contribution is -0.162. The van der Waals surface area contributed by atoms with Crippen molar-refractivity contribution in [3.8, 4) is 0 Å². The number of benzene rings is 2. The first-order valence-corrected chi connectivity index (χ1v) is 12.6. The number of hydrogen-bond donors (Lipinski definition) is 2. The lowest BCUT2D eigenvalue weighted by Crippen LogP contribution is -2.66. The zero-order chi connectivity index (χ0) is 27.2. The van der Waals surface area contributed by atoms with Gasteiger partial charge < -0.3 is 20.9 Å². The molecule has 0 spiro atoms. The molecule has 10 heteroatoms. The van der Waals surface area contributed by atoms with Crippen molar-refractivity contribution < 1.29 is 23.6 Å². The summed E-state index contributed by atoms with van der Waals surface area (Å²) in [5.41, 5.74) is 5.36. The van der Waals surface area contributed by atoms with Gasteiger partial charge in [0.2, 0.25) is 23.6 Å². The van der Waals surface area contributed by atoms with E-state index >= 15 is 0 Å². The van der Waals surface area contributed by atoms with Crippen molar-refractivity contribution in [2.45, 2.75) is 51.1 Å². The Morgan fingerprint density at radius 1 is 1.08 bits per heavy atom. The zero-order valence-electron chi connectivity index (χ0n) is 21.0. The first kappa shape index (κ1) is 28.1. The van der Waals surface area contributed by atoms with Crippen LogP contribution in [0.5, 0.6) is 0 Å². The van der Waals surface area contributed by atoms with Gasteiger partial charge in [0.05, 0.1) is 0 Å². The predicted molar refractivity (Wildman–Crippen MR) is 138 cm³/mol. The number of nitrogens with two attached hydrogens (primary N) is 1. The molecule has 2 atom stereocenters. The Balaban J connectivity index is 1.89. The van der Waals surface area contributed by atoms with Gasteiger partial charge in [-0.1, -0.05) is 35.9 Å². The van der Waals surface area contributed by atoms with Gasteiger partial charge in [0.25, 0.3) is 0 Å². The van der Waals surface area contributed by atoms with E-state index in [2.05, 4.69) is 5.32 Å². The average Bonchev–Trinajstić information content (AvgIpc) is 2.87. The lowest BCUT2D eigenvalue weighted by Gasteiger charge is -2.48. The summed E-state index contributed by atoms with van der Waals surface area (Å²) in [5, 5.41) is 3.30. The Kier molecular flexibility index (Phi) is 9.26. The predicted octanol–water partition coefficient (Wildman–Crippen LogP) is 2.77. The van der Waals surface area contributed by atoms with Crippen molar-refractivity contribution in [3.05, 3.63) is 70.5 Å². The molecule has 198 valence electrons. The molecule has 8 nitrogen and oxygen atoms in total. The lowest BCUT2D eigenvalue weighted by atomic mass is 9.86. The number of nitrogens with one attached hydrogen (secondary N) is 1. The van der Waals surface area contributed by atoms with Crippen molar-refractivity contribution in [1.29, 1.82) is 0 Å². The minimum absolute atomic E-state index is 0.0407. The fraction of sp³-hybridized carbons (Fsp3) is 0.407. The Hall–Kier alpha value is -3.46. The number of likely N-dealkylation sites (N-methyl/N-ethyl adjacent to an activating group) is 1. The first-order valence-electron chi connectivity index (χ1n) is 12.3. The van der Waals surface area contributed by atoms with E-state index in [1.165, 1.54) is 21.9 Å².